The van der Waals surface area contributed by atoms with E-state index in [1.165, 1.54) is 12.1 Å². The van der Waals surface area contributed by atoms with Gasteiger partial charge in [0.15, 0.2) is 5.78 Å². The third-order valence-electron chi connectivity index (χ3n) is 2.35. The summed E-state index contributed by atoms with van der Waals surface area (Å²) in [5.41, 5.74) is 1.19. The zero-order chi connectivity index (χ0) is 11.5. The van der Waals surface area contributed by atoms with Crippen molar-refractivity contribution in [1.29, 1.82) is 0 Å². The minimum absolute atomic E-state index is 0.181. The van der Waals surface area contributed by atoms with E-state index in [1.54, 1.807) is 30.3 Å². The monoisotopic (exact) mass is 213 g/mol. The van der Waals surface area contributed by atoms with Gasteiger partial charge in [-0.05, 0) is 18.6 Å². The fourth-order valence-electron chi connectivity index (χ4n) is 1.44. The summed E-state index contributed by atoms with van der Waals surface area (Å²) in [6.07, 6.45) is 0. The average Bonchev–Trinajstić information content (AvgIpc) is 2.33. The number of carbonyl (C=O) groups is 1. The van der Waals surface area contributed by atoms with E-state index in [0.29, 0.717) is 16.7 Å². The molecule has 2 aromatic carbocycles. The Balaban J connectivity index is 2.39. The van der Waals surface area contributed by atoms with Crippen LogP contribution in [0.25, 0.3) is 0 Å². The van der Waals surface area contributed by atoms with Gasteiger partial charge >= 0.3 is 0 Å². The molecule has 2 heteroatoms. The Labute approximate surface area is 93.5 Å². The lowest BCUT2D eigenvalue weighted by atomic mass is 10.0. The van der Waals surface area contributed by atoms with Crippen molar-refractivity contribution >= 4 is 5.78 Å². The molecule has 0 fully saturated rings. The first-order valence-electron chi connectivity index (χ1n) is 4.90. The SMILES string of the molecule is [CH2]c1ccc(C(=O)c2ccccc2)cc1F. The predicted octanol–water partition coefficient (Wildman–Crippen LogP) is 3.24. The second-order valence-electron chi connectivity index (χ2n) is 3.50. The van der Waals surface area contributed by atoms with Gasteiger partial charge in [0.25, 0.3) is 0 Å². The van der Waals surface area contributed by atoms with E-state index >= 15 is 0 Å². The van der Waals surface area contributed by atoms with Crippen molar-refractivity contribution in [1.82, 2.24) is 0 Å². The third kappa shape index (κ3) is 2.01. The molecule has 1 nitrogen and oxygen atoms in total. The normalized spacial score (nSPS) is 10.1. The van der Waals surface area contributed by atoms with E-state index in [1.807, 2.05) is 6.07 Å². The number of ketones is 1. The van der Waals surface area contributed by atoms with Gasteiger partial charge in [0, 0.05) is 11.1 Å². The summed E-state index contributed by atoms with van der Waals surface area (Å²) >= 11 is 0. The summed E-state index contributed by atoms with van der Waals surface area (Å²) in [5.74, 6) is -0.638. The van der Waals surface area contributed by atoms with E-state index < -0.39 is 5.82 Å². The summed E-state index contributed by atoms with van der Waals surface area (Å²) in [6, 6.07) is 13.1. The molecule has 0 aliphatic heterocycles. The second kappa shape index (κ2) is 4.27. The largest absolute Gasteiger partial charge is 0.289 e. The summed E-state index contributed by atoms with van der Waals surface area (Å²) in [6.45, 7) is 3.51. The molecule has 0 N–H and O–H groups in total. The summed E-state index contributed by atoms with van der Waals surface area (Å²) in [4.78, 5) is 11.9. The molecule has 16 heavy (non-hydrogen) atoms. The van der Waals surface area contributed by atoms with Crippen molar-refractivity contribution in [3.63, 3.8) is 0 Å². The molecule has 0 spiro atoms. The number of halogens is 1. The zero-order valence-electron chi connectivity index (χ0n) is 8.61. The highest BCUT2D eigenvalue weighted by Gasteiger charge is 2.09. The molecule has 79 valence electrons. The van der Waals surface area contributed by atoms with Crippen molar-refractivity contribution in [2.24, 2.45) is 0 Å². The lowest BCUT2D eigenvalue weighted by Gasteiger charge is -2.02. The van der Waals surface area contributed by atoms with Crippen LogP contribution in [0, 0.1) is 12.7 Å². The minimum Gasteiger partial charge on any atom is -0.289 e. The van der Waals surface area contributed by atoms with Gasteiger partial charge in [-0.3, -0.25) is 4.79 Å². The summed E-state index contributed by atoms with van der Waals surface area (Å²) < 4.78 is 13.2. The Hall–Kier alpha value is -1.96. The van der Waals surface area contributed by atoms with Gasteiger partial charge in [-0.1, -0.05) is 42.5 Å². The van der Waals surface area contributed by atoms with Crippen LogP contribution >= 0.6 is 0 Å². The van der Waals surface area contributed by atoms with Crippen molar-refractivity contribution in [3.8, 4) is 0 Å². The molecule has 0 aliphatic carbocycles. The van der Waals surface area contributed by atoms with Gasteiger partial charge in [-0.15, -0.1) is 0 Å². The molecule has 0 unspecified atom stereocenters. The fraction of sp³-hybridized carbons (Fsp3) is 0. The van der Waals surface area contributed by atoms with E-state index in [9.17, 15) is 9.18 Å². The Morgan fingerprint density at radius 1 is 1.00 bits per heavy atom. The van der Waals surface area contributed by atoms with E-state index in [0.717, 1.165) is 0 Å². The lowest BCUT2D eigenvalue weighted by Crippen LogP contribution is -2.01. The highest BCUT2D eigenvalue weighted by molar-refractivity contribution is 6.08. The molecule has 1 radical (unpaired) electrons. The zero-order valence-corrected chi connectivity index (χ0v) is 8.61. The topological polar surface area (TPSA) is 17.1 Å². The van der Waals surface area contributed by atoms with Crippen LogP contribution in [0.2, 0.25) is 0 Å². The fourth-order valence-corrected chi connectivity index (χ4v) is 1.44. The van der Waals surface area contributed by atoms with Crippen molar-refractivity contribution in [3.05, 3.63) is 78.0 Å². The molecule has 0 aromatic heterocycles. The van der Waals surface area contributed by atoms with Crippen LogP contribution in [0.1, 0.15) is 21.5 Å². The first-order valence-corrected chi connectivity index (χ1v) is 4.90. The maximum absolute atomic E-state index is 13.2. The van der Waals surface area contributed by atoms with Crippen LogP contribution in [0.4, 0.5) is 4.39 Å². The van der Waals surface area contributed by atoms with Gasteiger partial charge in [0.1, 0.15) is 5.82 Å². The summed E-state index contributed by atoms with van der Waals surface area (Å²) in [5, 5.41) is 0. The Bertz CT molecular complexity index is 518. The van der Waals surface area contributed by atoms with Gasteiger partial charge in [-0.2, -0.15) is 0 Å². The van der Waals surface area contributed by atoms with Crippen LogP contribution in [-0.4, -0.2) is 5.78 Å². The summed E-state index contributed by atoms with van der Waals surface area (Å²) in [7, 11) is 0. The number of rotatable bonds is 2. The molecule has 0 saturated heterocycles. The molecular formula is C14H10FO. The second-order valence-corrected chi connectivity index (χ2v) is 3.50. The Kier molecular flexibility index (Phi) is 2.82. The number of benzene rings is 2. The first-order chi connectivity index (χ1) is 7.68. The number of hydrogen-bond donors (Lipinski definition) is 0. The van der Waals surface area contributed by atoms with Gasteiger partial charge < -0.3 is 0 Å². The van der Waals surface area contributed by atoms with Crippen molar-refractivity contribution in [2.45, 2.75) is 0 Å². The van der Waals surface area contributed by atoms with Crippen LogP contribution in [0.15, 0.2) is 48.5 Å². The molecule has 0 heterocycles. The maximum atomic E-state index is 13.2. The maximum Gasteiger partial charge on any atom is 0.193 e. The first kappa shape index (κ1) is 10.6. The molecule has 0 atom stereocenters. The molecule has 0 bridgehead atoms. The Morgan fingerprint density at radius 3 is 2.31 bits per heavy atom. The van der Waals surface area contributed by atoms with Crippen LogP contribution < -0.4 is 0 Å². The number of carbonyl (C=O) groups excluding carboxylic acids is 1. The van der Waals surface area contributed by atoms with Crippen molar-refractivity contribution < 1.29 is 9.18 Å². The third-order valence-corrected chi connectivity index (χ3v) is 2.35. The minimum atomic E-state index is -0.457. The molecule has 0 aliphatic rings. The molecule has 2 rings (SSSR count). The number of hydrogen-bond acceptors (Lipinski definition) is 1. The highest BCUT2D eigenvalue weighted by atomic mass is 19.1. The quantitative estimate of drug-likeness (QED) is 0.700. The van der Waals surface area contributed by atoms with Crippen LogP contribution in [0.3, 0.4) is 0 Å². The van der Waals surface area contributed by atoms with E-state index in [4.69, 9.17) is 0 Å². The van der Waals surface area contributed by atoms with Gasteiger partial charge in [-0.25, -0.2) is 4.39 Å². The smallest absolute Gasteiger partial charge is 0.193 e. The molecule has 2 aromatic rings. The molecular weight excluding hydrogens is 203 g/mol. The van der Waals surface area contributed by atoms with E-state index in [2.05, 4.69) is 6.92 Å². The molecule has 0 saturated carbocycles. The van der Waals surface area contributed by atoms with E-state index in [-0.39, 0.29) is 5.78 Å². The lowest BCUT2D eigenvalue weighted by molar-refractivity contribution is 0.103. The van der Waals surface area contributed by atoms with Crippen LogP contribution in [0.5, 0.6) is 0 Å². The van der Waals surface area contributed by atoms with Gasteiger partial charge in [0.2, 0.25) is 0 Å². The van der Waals surface area contributed by atoms with Crippen LogP contribution in [-0.2, 0) is 0 Å². The van der Waals surface area contributed by atoms with Gasteiger partial charge in [0.05, 0.1) is 0 Å². The average molecular weight is 213 g/mol. The standard InChI is InChI=1S/C14H10FO/c1-10-7-8-12(9-13(10)15)14(16)11-5-3-2-4-6-11/h2-9H,1H2. The molecule has 0 amide bonds. The Morgan fingerprint density at radius 2 is 1.69 bits per heavy atom. The highest BCUT2D eigenvalue weighted by Crippen LogP contribution is 2.13. The predicted molar refractivity (Wildman–Crippen MR) is 60.7 cm³/mol. The van der Waals surface area contributed by atoms with Crippen molar-refractivity contribution in [2.75, 3.05) is 0 Å².